The van der Waals surface area contributed by atoms with Crippen molar-refractivity contribution in [3.05, 3.63) is 34.4 Å². The van der Waals surface area contributed by atoms with E-state index in [9.17, 15) is 4.79 Å². The Morgan fingerprint density at radius 1 is 1.18 bits per heavy atom. The lowest BCUT2D eigenvalue weighted by Gasteiger charge is -2.29. The Morgan fingerprint density at radius 2 is 1.73 bits per heavy atom. The minimum absolute atomic E-state index is 0.212. The fraction of sp³-hybridized carbons (Fsp3) is 0.556. The average Bonchev–Trinajstić information content (AvgIpc) is 2.81. The molecule has 0 unspecified atom stereocenters. The lowest BCUT2D eigenvalue weighted by atomic mass is 9.77. The summed E-state index contributed by atoms with van der Waals surface area (Å²) in [5.74, 6) is -0.791. The topological polar surface area (TPSA) is 47.9 Å². The van der Waals surface area contributed by atoms with Gasteiger partial charge in [-0.15, -0.1) is 0 Å². The number of hydrogen-bond donors (Lipinski definition) is 0. The van der Waals surface area contributed by atoms with Crippen molar-refractivity contribution >= 4 is 11.7 Å². The smallest absolute Gasteiger partial charge is 0.318 e. The van der Waals surface area contributed by atoms with Crippen LogP contribution in [0.25, 0.3) is 0 Å². The van der Waals surface area contributed by atoms with Crippen molar-refractivity contribution in [1.82, 2.24) is 0 Å². The number of aryl methyl sites for hydroxylation is 3. The third-order valence-corrected chi connectivity index (χ3v) is 4.10. The van der Waals surface area contributed by atoms with Crippen LogP contribution in [0.5, 0.6) is 0 Å². The maximum Gasteiger partial charge on any atom is 0.318 e. The first kappa shape index (κ1) is 16.5. The van der Waals surface area contributed by atoms with Crippen LogP contribution in [0.4, 0.5) is 0 Å². The van der Waals surface area contributed by atoms with Gasteiger partial charge in [0.2, 0.25) is 0 Å². The van der Waals surface area contributed by atoms with Gasteiger partial charge in [-0.1, -0.05) is 43.6 Å². The highest BCUT2D eigenvalue weighted by atomic mass is 16.6. The van der Waals surface area contributed by atoms with E-state index in [0.29, 0.717) is 5.71 Å². The average molecular weight is 303 g/mol. The van der Waals surface area contributed by atoms with Crippen LogP contribution in [0.15, 0.2) is 17.3 Å². The largest absolute Gasteiger partial charge is 0.468 e. The van der Waals surface area contributed by atoms with Gasteiger partial charge in [0, 0.05) is 11.0 Å². The minimum atomic E-state index is -0.495. The molecular formula is C18H25NO3. The predicted octanol–water partition coefficient (Wildman–Crippen LogP) is 3.55. The second kappa shape index (κ2) is 5.75. The molecule has 0 N–H and O–H groups in total. The summed E-state index contributed by atoms with van der Waals surface area (Å²) in [6.07, 6.45) is -0.324. The van der Waals surface area contributed by atoms with Gasteiger partial charge in [0.15, 0.2) is 6.10 Å². The first-order valence-corrected chi connectivity index (χ1v) is 7.56. The molecule has 0 saturated heterocycles. The highest BCUT2D eigenvalue weighted by molar-refractivity contribution is 6.14. The molecule has 120 valence electrons. The summed E-state index contributed by atoms with van der Waals surface area (Å²) in [4.78, 5) is 18.0. The van der Waals surface area contributed by atoms with Crippen molar-refractivity contribution in [3.63, 3.8) is 0 Å². The molecule has 0 aromatic heterocycles. The second-order valence-electron chi connectivity index (χ2n) is 7.14. The molecule has 22 heavy (non-hydrogen) atoms. The van der Waals surface area contributed by atoms with Gasteiger partial charge in [0.1, 0.15) is 11.6 Å². The van der Waals surface area contributed by atoms with Crippen LogP contribution >= 0.6 is 0 Å². The molecular weight excluding hydrogens is 278 g/mol. The zero-order valence-electron chi connectivity index (χ0n) is 14.5. The van der Waals surface area contributed by atoms with Crippen molar-refractivity contribution in [2.45, 2.75) is 47.6 Å². The van der Waals surface area contributed by atoms with E-state index in [-0.39, 0.29) is 17.5 Å². The Balaban J connectivity index is 2.53. The third kappa shape index (κ3) is 2.87. The summed E-state index contributed by atoms with van der Waals surface area (Å²) in [6, 6.07) is 4.20. The molecule has 2 atom stereocenters. The maximum atomic E-state index is 12.4. The summed E-state index contributed by atoms with van der Waals surface area (Å²) in [5.41, 5.74) is 4.86. The van der Waals surface area contributed by atoms with E-state index < -0.39 is 5.92 Å². The van der Waals surface area contributed by atoms with Gasteiger partial charge in [-0.05, 0) is 31.9 Å². The number of nitrogens with zero attached hydrogens (tertiary/aromatic N) is 1. The Bertz CT molecular complexity index is 603. The first-order valence-electron chi connectivity index (χ1n) is 7.56. The van der Waals surface area contributed by atoms with Crippen LogP contribution < -0.4 is 0 Å². The van der Waals surface area contributed by atoms with Crippen LogP contribution in [-0.2, 0) is 14.4 Å². The van der Waals surface area contributed by atoms with Crippen LogP contribution in [0.3, 0.4) is 0 Å². The van der Waals surface area contributed by atoms with Crippen molar-refractivity contribution in [3.8, 4) is 0 Å². The van der Waals surface area contributed by atoms with E-state index in [1.54, 1.807) is 0 Å². The molecule has 4 heteroatoms. The zero-order valence-corrected chi connectivity index (χ0v) is 14.5. The van der Waals surface area contributed by atoms with Gasteiger partial charge in [0.25, 0.3) is 0 Å². The van der Waals surface area contributed by atoms with E-state index in [2.05, 4.69) is 24.2 Å². The molecule has 0 spiro atoms. The van der Waals surface area contributed by atoms with Gasteiger partial charge in [-0.25, -0.2) is 0 Å². The molecule has 1 heterocycles. The SMILES string of the molecule is COC(=O)[C@@H]1C(c2c(C)cc(C)cc2C)=NO[C@H]1C(C)(C)C. The quantitative estimate of drug-likeness (QED) is 0.785. The van der Waals surface area contributed by atoms with Crippen LogP contribution in [-0.4, -0.2) is 24.9 Å². The second-order valence-corrected chi connectivity index (χ2v) is 7.14. The van der Waals surface area contributed by atoms with Crippen molar-refractivity contribution in [1.29, 1.82) is 0 Å². The lowest BCUT2D eigenvalue weighted by Crippen LogP contribution is -2.40. The first-order chi connectivity index (χ1) is 10.2. The summed E-state index contributed by atoms with van der Waals surface area (Å²) < 4.78 is 5.01. The van der Waals surface area contributed by atoms with Crippen molar-refractivity contribution in [2.24, 2.45) is 16.5 Å². The normalized spacial score (nSPS) is 21.3. The molecule has 1 aromatic carbocycles. The van der Waals surface area contributed by atoms with Gasteiger partial charge >= 0.3 is 5.97 Å². The summed E-state index contributed by atoms with van der Waals surface area (Å²) in [7, 11) is 1.41. The Hall–Kier alpha value is -1.84. The van der Waals surface area contributed by atoms with E-state index in [1.807, 2.05) is 34.6 Å². The van der Waals surface area contributed by atoms with E-state index >= 15 is 0 Å². The molecule has 2 rings (SSSR count). The molecule has 1 aliphatic rings. The number of hydrogen-bond acceptors (Lipinski definition) is 4. The van der Waals surface area contributed by atoms with Crippen molar-refractivity contribution in [2.75, 3.05) is 7.11 Å². The number of rotatable bonds is 2. The molecule has 0 fully saturated rings. The summed E-state index contributed by atoms with van der Waals surface area (Å²) in [6.45, 7) is 12.3. The van der Waals surface area contributed by atoms with Crippen LogP contribution in [0, 0.1) is 32.1 Å². The molecule has 1 aliphatic heterocycles. The van der Waals surface area contributed by atoms with E-state index in [1.165, 1.54) is 12.7 Å². The number of ether oxygens (including phenoxy) is 1. The Kier molecular flexibility index (Phi) is 4.32. The zero-order chi connectivity index (χ0) is 16.7. The lowest BCUT2D eigenvalue weighted by molar-refractivity contribution is -0.148. The van der Waals surface area contributed by atoms with Gasteiger partial charge < -0.3 is 9.57 Å². The number of carbonyl (C=O) groups excluding carboxylic acids is 1. The number of carbonyl (C=O) groups is 1. The Morgan fingerprint density at radius 3 is 2.18 bits per heavy atom. The number of oxime groups is 1. The molecule has 0 saturated carbocycles. The fourth-order valence-electron chi connectivity index (χ4n) is 3.18. The number of methoxy groups -OCH3 is 1. The highest BCUT2D eigenvalue weighted by Gasteiger charge is 2.47. The molecule has 0 aliphatic carbocycles. The van der Waals surface area contributed by atoms with E-state index in [4.69, 9.17) is 9.57 Å². The van der Waals surface area contributed by atoms with Crippen LogP contribution in [0.1, 0.15) is 43.0 Å². The molecule has 1 aromatic rings. The monoisotopic (exact) mass is 303 g/mol. The molecule has 4 nitrogen and oxygen atoms in total. The maximum absolute atomic E-state index is 12.4. The minimum Gasteiger partial charge on any atom is -0.468 e. The molecule has 0 amide bonds. The third-order valence-electron chi connectivity index (χ3n) is 4.10. The van der Waals surface area contributed by atoms with E-state index in [0.717, 1.165) is 16.7 Å². The molecule has 0 bridgehead atoms. The fourth-order valence-corrected chi connectivity index (χ4v) is 3.18. The van der Waals surface area contributed by atoms with Gasteiger partial charge in [-0.2, -0.15) is 0 Å². The van der Waals surface area contributed by atoms with Gasteiger partial charge in [0.05, 0.1) is 7.11 Å². The van der Waals surface area contributed by atoms with Crippen LogP contribution in [0.2, 0.25) is 0 Å². The number of benzene rings is 1. The van der Waals surface area contributed by atoms with Gasteiger partial charge in [-0.3, -0.25) is 4.79 Å². The predicted molar refractivity (Wildman–Crippen MR) is 87.0 cm³/mol. The molecule has 0 radical (unpaired) electrons. The standard InChI is InChI=1S/C18H25NO3/c1-10-8-11(2)13(12(3)9-10)15-14(17(20)21-7)16(22-19-15)18(4,5)6/h8-9,14,16H,1-7H3/t14-,16-/m1/s1. The number of esters is 1. The summed E-state index contributed by atoms with van der Waals surface area (Å²) >= 11 is 0. The van der Waals surface area contributed by atoms with Crippen molar-refractivity contribution < 1.29 is 14.4 Å². The Labute approximate surface area is 132 Å². The summed E-state index contributed by atoms with van der Waals surface area (Å²) in [5, 5.41) is 4.27. The highest BCUT2D eigenvalue weighted by Crippen LogP contribution is 2.37.